The number of likely N-dealkylation sites (tertiary alicyclic amines) is 1. The fourth-order valence-electron chi connectivity index (χ4n) is 2.17. The van der Waals surface area contributed by atoms with Crippen LogP contribution in [0.15, 0.2) is 0 Å². The topological polar surface area (TPSA) is 73.9 Å². The van der Waals surface area contributed by atoms with E-state index < -0.39 is 0 Å². The molecule has 2 N–H and O–H groups in total. The molecule has 18 heavy (non-hydrogen) atoms. The maximum atomic E-state index is 12.0. The molecule has 1 aliphatic heterocycles. The number of nitrogens with zero attached hydrogens (tertiary/aromatic N) is 3. The van der Waals surface area contributed by atoms with Crippen molar-refractivity contribution in [2.24, 2.45) is 0 Å². The van der Waals surface area contributed by atoms with E-state index in [9.17, 15) is 4.79 Å². The van der Waals surface area contributed by atoms with Gasteiger partial charge in [-0.3, -0.25) is 9.89 Å². The molecule has 1 aromatic rings. The Morgan fingerprint density at radius 3 is 2.94 bits per heavy atom. The van der Waals surface area contributed by atoms with Gasteiger partial charge in [0.1, 0.15) is 5.82 Å². The second kappa shape index (κ2) is 5.48. The van der Waals surface area contributed by atoms with Crippen molar-refractivity contribution < 1.29 is 4.79 Å². The van der Waals surface area contributed by atoms with E-state index in [1.54, 1.807) is 0 Å². The summed E-state index contributed by atoms with van der Waals surface area (Å²) in [5.74, 6) is 1.06. The van der Waals surface area contributed by atoms with E-state index in [1.165, 1.54) is 0 Å². The Morgan fingerprint density at radius 2 is 2.33 bits per heavy atom. The first-order valence-electron chi connectivity index (χ1n) is 6.48. The SMILES string of the molecule is CC(C)c1nc(C(=O)NC2CCCN(C)C2)n[nH]1. The second-order valence-corrected chi connectivity index (χ2v) is 5.27. The summed E-state index contributed by atoms with van der Waals surface area (Å²) in [6.45, 7) is 6.02. The number of hydrogen-bond donors (Lipinski definition) is 2. The summed E-state index contributed by atoms with van der Waals surface area (Å²) in [7, 11) is 2.07. The summed E-state index contributed by atoms with van der Waals surface area (Å²) in [6.07, 6.45) is 2.14. The second-order valence-electron chi connectivity index (χ2n) is 5.27. The fourth-order valence-corrected chi connectivity index (χ4v) is 2.17. The number of hydrogen-bond acceptors (Lipinski definition) is 4. The number of aromatic nitrogens is 3. The van der Waals surface area contributed by atoms with Gasteiger partial charge >= 0.3 is 0 Å². The summed E-state index contributed by atoms with van der Waals surface area (Å²) in [5, 5.41) is 9.75. The summed E-state index contributed by atoms with van der Waals surface area (Å²) >= 11 is 0. The normalized spacial score (nSPS) is 21.2. The molecule has 0 spiro atoms. The fraction of sp³-hybridized carbons (Fsp3) is 0.750. The van der Waals surface area contributed by atoms with Crippen LogP contribution in [0.1, 0.15) is 49.1 Å². The first-order chi connectivity index (χ1) is 8.56. The molecule has 1 aromatic heterocycles. The van der Waals surface area contributed by atoms with Crippen LogP contribution in [0.5, 0.6) is 0 Å². The van der Waals surface area contributed by atoms with E-state index in [1.807, 2.05) is 13.8 Å². The molecule has 1 amide bonds. The van der Waals surface area contributed by atoms with Gasteiger partial charge < -0.3 is 10.2 Å². The minimum atomic E-state index is -0.182. The zero-order chi connectivity index (χ0) is 13.1. The predicted molar refractivity (Wildman–Crippen MR) is 68.5 cm³/mol. The molecule has 1 saturated heterocycles. The minimum absolute atomic E-state index is 0.182. The number of rotatable bonds is 3. The maximum absolute atomic E-state index is 12.0. The lowest BCUT2D eigenvalue weighted by molar-refractivity contribution is 0.0902. The van der Waals surface area contributed by atoms with Gasteiger partial charge in [-0.05, 0) is 26.4 Å². The molecule has 2 heterocycles. The lowest BCUT2D eigenvalue weighted by Gasteiger charge is -2.29. The Balaban J connectivity index is 1.94. The number of nitrogens with one attached hydrogen (secondary N) is 2. The molecule has 0 aromatic carbocycles. The molecular formula is C12H21N5O. The van der Waals surface area contributed by atoms with Crippen molar-refractivity contribution in [1.82, 2.24) is 25.4 Å². The molecular weight excluding hydrogens is 230 g/mol. The molecule has 1 unspecified atom stereocenters. The average molecular weight is 251 g/mol. The summed E-state index contributed by atoms with van der Waals surface area (Å²) in [4.78, 5) is 18.4. The molecule has 1 aliphatic rings. The van der Waals surface area contributed by atoms with Crippen molar-refractivity contribution in [3.8, 4) is 0 Å². The first-order valence-corrected chi connectivity index (χ1v) is 6.48. The van der Waals surface area contributed by atoms with Crippen molar-refractivity contribution in [3.63, 3.8) is 0 Å². The number of likely N-dealkylation sites (N-methyl/N-ethyl adjacent to an activating group) is 1. The van der Waals surface area contributed by atoms with Gasteiger partial charge in [0.2, 0.25) is 5.82 Å². The Morgan fingerprint density at radius 1 is 1.56 bits per heavy atom. The number of aromatic amines is 1. The summed E-state index contributed by atoms with van der Waals surface area (Å²) in [5.41, 5.74) is 0. The van der Waals surface area contributed by atoms with E-state index in [0.717, 1.165) is 31.8 Å². The predicted octanol–water partition coefficient (Wildman–Crippen LogP) is 0.752. The van der Waals surface area contributed by atoms with Crippen LogP contribution in [-0.4, -0.2) is 52.2 Å². The first kappa shape index (κ1) is 13.0. The smallest absolute Gasteiger partial charge is 0.291 e. The minimum Gasteiger partial charge on any atom is -0.345 e. The van der Waals surface area contributed by atoms with Gasteiger partial charge in [-0.15, -0.1) is 5.10 Å². The summed E-state index contributed by atoms with van der Waals surface area (Å²) < 4.78 is 0. The van der Waals surface area contributed by atoms with Gasteiger partial charge in [-0.1, -0.05) is 13.8 Å². The number of piperidine rings is 1. The summed E-state index contributed by atoms with van der Waals surface area (Å²) in [6, 6.07) is 0.206. The van der Waals surface area contributed by atoms with E-state index in [-0.39, 0.29) is 23.7 Å². The lowest BCUT2D eigenvalue weighted by atomic mass is 10.1. The van der Waals surface area contributed by atoms with Crippen LogP contribution >= 0.6 is 0 Å². The Labute approximate surface area is 107 Å². The standard InChI is InChI=1S/C12H21N5O/c1-8(2)10-14-11(16-15-10)12(18)13-9-5-4-6-17(3)7-9/h8-9H,4-7H2,1-3H3,(H,13,18)(H,14,15,16). The average Bonchev–Trinajstić information content (AvgIpc) is 2.78. The molecule has 0 bridgehead atoms. The van der Waals surface area contributed by atoms with Crippen molar-refractivity contribution >= 4 is 5.91 Å². The van der Waals surface area contributed by atoms with Crippen LogP contribution in [0.25, 0.3) is 0 Å². The molecule has 6 nitrogen and oxygen atoms in total. The van der Waals surface area contributed by atoms with Gasteiger partial charge in [0, 0.05) is 18.5 Å². The number of H-pyrrole nitrogens is 1. The number of amides is 1. The van der Waals surface area contributed by atoms with Crippen LogP contribution in [0.3, 0.4) is 0 Å². The van der Waals surface area contributed by atoms with Gasteiger partial charge in [-0.2, -0.15) is 0 Å². The lowest BCUT2D eigenvalue weighted by Crippen LogP contribution is -2.46. The van der Waals surface area contributed by atoms with Gasteiger partial charge in [0.05, 0.1) is 0 Å². The van der Waals surface area contributed by atoms with Crippen molar-refractivity contribution in [1.29, 1.82) is 0 Å². The van der Waals surface area contributed by atoms with E-state index in [0.29, 0.717) is 0 Å². The van der Waals surface area contributed by atoms with Crippen LogP contribution in [-0.2, 0) is 0 Å². The Hall–Kier alpha value is -1.43. The van der Waals surface area contributed by atoms with Crippen LogP contribution in [0.4, 0.5) is 0 Å². The third-order valence-corrected chi connectivity index (χ3v) is 3.21. The quantitative estimate of drug-likeness (QED) is 0.831. The Kier molecular flexibility index (Phi) is 3.96. The highest BCUT2D eigenvalue weighted by molar-refractivity contribution is 5.90. The van der Waals surface area contributed by atoms with Crippen molar-refractivity contribution in [2.75, 3.05) is 20.1 Å². The van der Waals surface area contributed by atoms with E-state index in [2.05, 4.69) is 32.4 Å². The largest absolute Gasteiger partial charge is 0.345 e. The molecule has 0 aliphatic carbocycles. The van der Waals surface area contributed by atoms with Crippen molar-refractivity contribution in [2.45, 2.75) is 38.6 Å². The zero-order valence-corrected chi connectivity index (χ0v) is 11.2. The Bertz CT molecular complexity index is 414. The number of carbonyl (C=O) groups excluding carboxylic acids is 1. The monoisotopic (exact) mass is 251 g/mol. The molecule has 0 radical (unpaired) electrons. The molecule has 100 valence electrons. The van der Waals surface area contributed by atoms with Gasteiger partial charge in [0.15, 0.2) is 0 Å². The zero-order valence-electron chi connectivity index (χ0n) is 11.2. The molecule has 1 atom stereocenters. The molecule has 2 rings (SSSR count). The van der Waals surface area contributed by atoms with E-state index in [4.69, 9.17) is 0 Å². The van der Waals surface area contributed by atoms with Gasteiger partial charge in [-0.25, -0.2) is 4.98 Å². The highest BCUT2D eigenvalue weighted by atomic mass is 16.2. The van der Waals surface area contributed by atoms with Crippen LogP contribution in [0, 0.1) is 0 Å². The maximum Gasteiger partial charge on any atom is 0.291 e. The molecule has 6 heteroatoms. The third-order valence-electron chi connectivity index (χ3n) is 3.21. The highest BCUT2D eigenvalue weighted by Crippen LogP contribution is 2.10. The van der Waals surface area contributed by atoms with Crippen LogP contribution < -0.4 is 5.32 Å². The van der Waals surface area contributed by atoms with Crippen LogP contribution in [0.2, 0.25) is 0 Å². The van der Waals surface area contributed by atoms with Gasteiger partial charge in [0.25, 0.3) is 5.91 Å². The highest BCUT2D eigenvalue weighted by Gasteiger charge is 2.21. The van der Waals surface area contributed by atoms with Crippen molar-refractivity contribution in [3.05, 3.63) is 11.6 Å². The number of carbonyl (C=O) groups is 1. The molecule has 0 saturated carbocycles. The molecule has 1 fully saturated rings. The third kappa shape index (κ3) is 3.07. The van der Waals surface area contributed by atoms with E-state index >= 15 is 0 Å².